The van der Waals surface area contributed by atoms with Gasteiger partial charge in [0.2, 0.25) is 0 Å². The van der Waals surface area contributed by atoms with E-state index in [-0.39, 0.29) is 0 Å². The molecule has 3 N–H and O–H groups in total. The van der Waals surface area contributed by atoms with Crippen LogP contribution in [0.2, 0.25) is 5.02 Å². The fraction of sp³-hybridized carbons (Fsp3) is 0.0769. The van der Waals surface area contributed by atoms with Crippen LogP contribution >= 0.6 is 11.6 Å². The largest absolute Gasteiger partial charge is 0.495 e. The molecule has 94 valence electrons. The van der Waals surface area contributed by atoms with Crippen molar-refractivity contribution in [2.75, 3.05) is 18.2 Å². The van der Waals surface area contributed by atoms with E-state index >= 15 is 0 Å². The predicted octanol–water partition coefficient (Wildman–Crippen LogP) is 3.81. The molecule has 0 aliphatic carbocycles. The molecule has 0 atom stereocenters. The van der Waals surface area contributed by atoms with Crippen LogP contribution in [0, 0.1) is 5.82 Å². The summed E-state index contributed by atoms with van der Waals surface area (Å²) < 4.78 is 18.3. The minimum atomic E-state index is -0.390. The van der Waals surface area contributed by atoms with Crippen LogP contribution in [0.3, 0.4) is 0 Å². The summed E-state index contributed by atoms with van der Waals surface area (Å²) in [5, 5.41) is 3.54. The van der Waals surface area contributed by atoms with Crippen LogP contribution in [0.4, 0.5) is 21.5 Å². The molecule has 0 saturated carbocycles. The van der Waals surface area contributed by atoms with E-state index in [2.05, 4.69) is 5.32 Å². The lowest BCUT2D eigenvalue weighted by molar-refractivity contribution is 0.415. The van der Waals surface area contributed by atoms with Gasteiger partial charge in [-0.25, -0.2) is 4.39 Å². The van der Waals surface area contributed by atoms with Gasteiger partial charge < -0.3 is 15.8 Å². The highest BCUT2D eigenvalue weighted by atomic mass is 35.5. The van der Waals surface area contributed by atoms with Crippen LogP contribution in [-0.4, -0.2) is 7.11 Å². The number of nitrogens with two attached hydrogens (primary N) is 1. The van der Waals surface area contributed by atoms with Gasteiger partial charge in [-0.2, -0.15) is 0 Å². The van der Waals surface area contributed by atoms with Crippen molar-refractivity contribution in [2.24, 2.45) is 0 Å². The molecule has 2 aromatic carbocycles. The molecule has 0 aliphatic heterocycles. The van der Waals surface area contributed by atoms with Crippen molar-refractivity contribution in [3.63, 3.8) is 0 Å². The van der Waals surface area contributed by atoms with Crippen LogP contribution in [0.1, 0.15) is 0 Å². The summed E-state index contributed by atoms with van der Waals surface area (Å²) in [6.07, 6.45) is 0. The smallest absolute Gasteiger partial charge is 0.139 e. The second kappa shape index (κ2) is 5.14. The van der Waals surface area contributed by atoms with Gasteiger partial charge in [0.15, 0.2) is 0 Å². The standard InChI is InChI=1S/C13H12ClFN2O/c1-18-13-7-10(2-3-12(13)14)17-11-5-8(15)4-9(16)6-11/h2-7,17H,16H2,1H3. The van der Waals surface area contributed by atoms with Crippen LogP contribution in [0.25, 0.3) is 0 Å². The second-order valence-corrected chi connectivity index (χ2v) is 4.15. The molecule has 3 nitrogen and oxygen atoms in total. The molecular formula is C13H12ClFN2O. The van der Waals surface area contributed by atoms with Crippen molar-refractivity contribution in [3.05, 3.63) is 47.2 Å². The highest BCUT2D eigenvalue weighted by Crippen LogP contribution is 2.29. The van der Waals surface area contributed by atoms with E-state index in [4.69, 9.17) is 22.1 Å². The van der Waals surface area contributed by atoms with Gasteiger partial charge >= 0.3 is 0 Å². The van der Waals surface area contributed by atoms with Crippen molar-refractivity contribution < 1.29 is 9.13 Å². The lowest BCUT2D eigenvalue weighted by atomic mass is 10.2. The Morgan fingerprint density at radius 1 is 1.17 bits per heavy atom. The van der Waals surface area contributed by atoms with Crippen molar-refractivity contribution in [1.82, 2.24) is 0 Å². The predicted molar refractivity (Wildman–Crippen MR) is 72.1 cm³/mol. The lowest BCUT2D eigenvalue weighted by Gasteiger charge is -2.10. The van der Waals surface area contributed by atoms with E-state index in [0.29, 0.717) is 22.1 Å². The number of hydrogen-bond donors (Lipinski definition) is 2. The molecule has 0 saturated heterocycles. The molecule has 5 heteroatoms. The number of methoxy groups -OCH3 is 1. The maximum absolute atomic E-state index is 13.2. The third-order valence-electron chi connectivity index (χ3n) is 2.36. The van der Waals surface area contributed by atoms with Crippen LogP contribution in [0.5, 0.6) is 5.75 Å². The molecule has 2 rings (SSSR count). The molecule has 0 fully saturated rings. The summed E-state index contributed by atoms with van der Waals surface area (Å²) in [7, 11) is 1.53. The maximum Gasteiger partial charge on any atom is 0.139 e. The zero-order chi connectivity index (χ0) is 13.1. The van der Waals surface area contributed by atoms with Crippen molar-refractivity contribution >= 4 is 28.7 Å². The molecule has 18 heavy (non-hydrogen) atoms. The Hall–Kier alpha value is -1.94. The maximum atomic E-state index is 13.2. The van der Waals surface area contributed by atoms with Gasteiger partial charge in [0.1, 0.15) is 11.6 Å². The normalized spacial score (nSPS) is 10.2. The van der Waals surface area contributed by atoms with Crippen molar-refractivity contribution in [3.8, 4) is 5.75 Å². The number of nitrogen functional groups attached to an aromatic ring is 1. The van der Waals surface area contributed by atoms with Crippen LogP contribution in [0.15, 0.2) is 36.4 Å². The Morgan fingerprint density at radius 2 is 1.94 bits per heavy atom. The van der Waals surface area contributed by atoms with Crippen LogP contribution < -0.4 is 15.8 Å². The lowest BCUT2D eigenvalue weighted by Crippen LogP contribution is -1.95. The number of rotatable bonds is 3. The highest BCUT2D eigenvalue weighted by molar-refractivity contribution is 6.32. The first-order valence-electron chi connectivity index (χ1n) is 5.25. The second-order valence-electron chi connectivity index (χ2n) is 3.75. The number of anilines is 3. The summed E-state index contributed by atoms with van der Waals surface area (Å²) in [6.45, 7) is 0. The first kappa shape index (κ1) is 12.5. The quantitative estimate of drug-likeness (QED) is 0.831. The first-order valence-corrected chi connectivity index (χ1v) is 5.63. The third-order valence-corrected chi connectivity index (χ3v) is 2.67. The van der Waals surface area contributed by atoms with Gasteiger partial charge in [-0.3, -0.25) is 0 Å². The average molecular weight is 267 g/mol. The molecule has 0 aliphatic rings. The molecule has 0 unspecified atom stereocenters. The SMILES string of the molecule is COc1cc(Nc2cc(N)cc(F)c2)ccc1Cl. The number of halogens is 2. The minimum Gasteiger partial charge on any atom is -0.495 e. The summed E-state index contributed by atoms with van der Waals surface area (Å²) in [4.78, 5) is 0. The molecule has 0 heterocycles. The Kier molecular flexibility index (Phi) is 3.58. The van der Waals surface area contributed by atoms with E-state index < -0.39 is 5.82 Å². The molecule has 0 amide bonds. The Morgan fingerprint density at radius 3 is 2.61 bits per heavy atom. The van der Waals surface area contributed by atoms with Gasteiger partial charge in [-0.15, -0.1) is 0 Å². The molecule has 2 aromatic rings. The number of nitrogens with one attached hydrogen (secondary N) is 1. The highest BCUT2D eigenvalue weighted by Gasteiger charge is 2.03. The summed E-state index contributed by atoms with van der Waals surface area (Å²) >= 11 is 5.92. The van der Waals surface area contributed by atoms with Gasteiger partial charge in [0.25, 0.3) is 0 Å². The Labute approximate surface area is 109 Å². The number of ether oxygens (including phenoxy) is 1. The first-order chi connectivity index (χ1) is 8.58. The van der Waals surface area contributed by atoms with Crippen LogP contribution in [-0.2, 0) is 0 Å². The number of hydrogen-bond acceptors (Lipinski definition) is 3. The number of benzene rings is 2. The molecule has 0 aromatic heterocycles. The van der Waals surface area contributed by atoms with E-state index in [9.17, 15) is 4.39 Å². The fourth-order valence-corrected chi connectivity index (χ4v) is 1.78. The topological polar surface area (TPSA) is 47.3 Å². The zero-order valence-corrected chi connectivity index (χ0v) is 10.5. The van der Waals surface area contributed by atoms with E-state index in [0.717, 1.165) is 5.69 Å². The van der Waals surface area contributed by atoms with Gasteiger partial charge in [-0.05, 0) is 30.3 Å². The van der Waals surface area contributed by atoms with Gasteiger partial charge in [-0.1, -0.05) is 11.6 Å². The van der Waals surface area contributed by atoms with Crippen molar-refractivity contribution in [2.45, 2.75) is 0 Å². The average Bonchev–Trinajstić information content (AvgIpc) is 2.30. The molecule has 0 bridgehead atoms. The molecule has 0 spiro atoms. The molecule has 0 radical (unpaired) electrons. The zero-order valence-electron chi connectivity index (χ0n) is 9.71. The fourth-order valence-electron chi connectivity index (χ4n) is 1.59. The third kappa shape index (κ3) is 2.84. The van der Waals surface area contributed by atoms with E-state index in [1.54, 1.807) is 24.3 Å². The van der Waals surface area contributed by atoms with E-state index in [1.165, 1.54) is 19.2 Å². The monoisotopic (exact) mass is 266 g/mol. The summed E-state index contributed by atoms with van der Waals surface area (Å²) in [6, 6.07) is 9.45. The van der Waals surface area contributed by atoms with Gasteiger partial charge in [0.05, 0.1) is 12.1 Å². The van der Waals surface area contributed by atoms with E-state index in [1.807, 2.05) is 0 Å². The summed E-state index contributed by atoms with van der Waals surface area (Å²) in [5.74, 6) is 0.157. The molecular weight excluding hydrogens is 255 g/mol. The van der Waals surface area contributed by atoms with Crippen molar-refractivity contribution in [1.29, 1.82) is 0 Å². The summed E-state index contributed by atoms with van der Waals surface area (Å²) in [5.41, 5.74) is 7.23. The minimum absolute atomic E-state index is 0.360. The van der Waals surface area contributed by atoms with Gasteiger partial charge in [0, 0.05) is 23.1 Å². The Balaban J connectivity index is 2.28. The Bertz CT molecular complexity index is 555.